The van der Waals surface area contributed by atoms with Crippen molar-refractivity contribution in [3.63, 3.8) is 0 Å². The summed E-state index contributed by atoms with van der Waals surface area (Å²) in [7, 11) is 0. The minimum Gasteiger partial charge on any atom is -0.442 e. The number of nitrogens with one attached hydrogen (secondary N) is 3. The lowest BCUT2D eigenvalue weighted by Gasteiger charge is -2.16. The van der Waals surface area contributed by atoms with Gasteiger partial charge in [-0.1, -0.05) is 30.4 Å². The number of hydrogen-bond acceptors (Lipinski definition) is 6. The Morgan fingerprint density at radius 2 is 1.62 bits per heavy atom. The van der Waals surface area contributed by atoms with Gasteiger partial charge in [-0.3, -0.25) is 9.69 Å². The molecule has 1 fully saturated rings. The van der Waals surface area contributed by atoms with Crippen LogP contribution in [0.4, 0.5) is 50.8 Å². The Morgan fingerprint density at radius 1 is 0.973 bits per heavy atom. The molecule has 1 heterocycles. The van der Waals surface area contributed by atoms with Gasteiger partial charge < -0.3 is 20.7 Å². The maximum Gasteiger partial charge on any atom is 0.414 e. The highest BCUT2D eigenvalue weighted by Gasteiger charge is 2.33. The number of para-hydroxylation sites is 1. The van der Waals surface area contributed by atoms with Crippen LogP contribution >= 0.6 is 12.2 Å². The largest absolute Gasteiger partial charge is 0.442 e. The third-order valence-electron chi connectivity index (χ3n) is 5.35. The van der Waals surface area contributed by atoms with Crippen LogP contribution < -0.4 is 26.3 Å². The van der Waals surface area contributed by atoms with Crippen LogP contribution in [0.25, 0.3) is 0 Å². The Balaban J connectivity index is 1.48. The normalized spacial score (nSPS) is 14.9. The molecular weight excluding hydrogens is 512 g/mol. The first-order valence-corrected chi connectivity index (χ1v) is 11.4. The first kappa shape index (κ1) is 25.9. The Kier molecular flexibility index (Phi) is 7.87. The van der Waals surface area contributed by atoms with Gasteiger partial charge in [0.25, 0.3) is 6.43 Å². The lowest BCUT2D eigenvalue weighted by molar-refractivity contribution is 0.142. The van der Waals surface area contributed by atoms with E-state index in [9.17, 15) is 27.2 Å². The van der Waals surface area contributed by atoms with Gasteiger partial charge in [0.05, 0.1) is 24.5 Å². The molecule has 0 bridgehead atoms. The standard InChI is InChI=1S/C25H20F4N4O3S/c26-18-10-16(33-13-17(36-25(33)35)12-30-24(37)23(28)29)11-19(27)22(18)32-15-6-8-20(21(34)9-7-15)31-14-4-2-1-3-5-14/h1-11,17,23,32H,12-13H2,(H,30,37)(H,31,34)/t17-/m0/s1. The maximum absolute atomic E-state index is 14.9. The molecule has 0 saturated carbocycles. The molecule has 192 valence electrons. The van der Waals surface area contributed by atoms with E-state index >= 15 is 0 Å². The lowest BCUT2D eigenvalue weighted by atomic mass is 10.2. The molecule has 3 N–H and O–H groups in total. The Labute approximate surface area is 214 Å². The van der Waals surface area contributed by atoms with E-state index in [-0.39, 0.29) is 35.6 Å². The predicted molar refractivity (Wildman–Crippen MR) is 136 cm³/mol. The fourth-order valence-corrected chi connectivity index (χ4v) is 3.62. The van der Waals surface area contributed by atoms with Crippen LogP contribution in [0.3, 0.4) is 0 Å². The zero-order valence-corrected chi connectivity index (χ0v) is 19.8. The number of hydrogen-bond donors (Lipinski definition) is 3. The van der Waals surface area contributed by atoms with Crippen molar-refractivity contribution in [3.05, 3.63) is 88.6 Å². The van der Waals surface area contributed by atoms with Crippen LogP contribution in [-0.2, 0) is 4.74 Å². The highest BCUT2D eigenvalue weighted by atomic mass is 32.1. The number of nitrogens with zero attached hydrogens (tertiary/aromatic N) is 1. The average Bonchev–Trinajstić information content (AvgIpc) is 3.16. The molecule has 1 amide bonds. The number of cyclic esters (lactones) is 1. The van der Waals surface area contributed by atoms with Crippen molar-refractivity contribution in [2.75, 3.05) is 28.6 Å². The molecule has 3 aromatic carbocycles. The zero-order chi connectivity index (χ0) is 26.5. The minimum absolute atomic E-state index is 0.112. The summed E-state index contributed by atoms with van der Waals surface area (Å²) in [4.78, 5) is 24.9. The lowest BCUT2D eigenvalue weighted by Crippen LogP contribution is -2.36. The van der Waals surface area contributed by atoms with Crippen molar-refractivity contribution in [1.82, 2.24) is 5.32 Å². The van der Waals surface area contributed by atoms with Gasteiger partial charge in [-0.2, -0.15) is 0 Å². The van der Waals surface area contributed by atoms with E-state index in [4.69, 9.17) is 4.74 Å². The van der Waals surface area contributed by atoms with E-state index in [0.29, 0.717) is 5.69 Å². The van der Waals surface area contributed by atoms with Gasteiger partial charge >= 0.3 is 6.09 Å². The van der Waals surface area contributed by atoms with Crippen LogP contribution in [0.1, 0.15) is 0 Å². The van der Waals surface area contributed by atoms with Crippen molar-refractivity contribution >= 4 is 51.7 Å². The summed E-state index contributed by atoms with van der Waals surface area (Å²) < 4.78 is 59.9. The number of ether oxygens (including phenoxy) is 1. The number of alkyl halides is 2. The molecule has 3 aromatic rings. The molecule has 1 aliphatic heterocycles. The van der Waals surface area contributed by atoms with E-state index in [1.165, 1.54) is 24.3 Å². The molecule has 4 rings (SSSR count). The summed E-state index contributed by atoms with van der Waals surface area (Å²) in [6.07, 6.45) is -4.59. The molecule has 0 spiro atoms. The van der Waals surface area contributed by atoms with E-state index < -0.39 is 40.9 Å². The summed E-state index contributed by atoms with van der Waals surface area (Å²) in [5, 5.41) is 7.89. The highest BCUT2D eigenvalue weighted by molar-refractivity contribution is 7.80. The average molecular weight is 533 g/mol. The second kappa shape index (κ2) is 11.2. The van der Waals surface area contributed by atoms with Gasteiger partial charge in [-0.25, -0.2) is 22.4 Å². The molecule has 0 unspecified atom stereocenters. The van der Waals surface area contributed by atoms with Crippen molar-refractivity contribution in [2.45, 2.75) is 12.5 Å². The molecule has 0 aliphatic carbocycles. The van der Waals surface area contributed by atoms with Crippen molar-refractivity contribution < 1.29 is 27.1 Å². The SMILES string of the molecule is O=C1O[C@@H](CNC(=S)C(F)F)CN1c1cc(F)c(Nc2ccc(Nc3ccccc3)c(=O)cc2)c(F)c1. The van der Waals surface area contributed by atoms with Crippen molar-refractivity contribution in [3.8, 4) is 0 Å². The highest BCUT2D eigenvalue weighted by Crippen LogP contribution is 2.30. The van der Waals surface area contributed by atoms with Gasteiger partial charge in [0, 0.05) is 23.5 Å². The number of halogens is 4. The summed E-state index contributed by atoms with van der Waals surface area (Å²) >= 11 is 4.47. The summed E-state index contributed by atoms with van der Waals surface area (Å²) in [5.74, 6) is -2.00. The van der Waals surface area contributed by atoms with Gasteiger partial charge in [-0.05, 0) is 36.4 Å². The predicted octanol–water partition coefficient (Wildman–Crippen LogP) is 5.32. The van der Waals surface area contributed by atoms with E-state index in [2.05, 4.69) is 28.2 Å². The fraction of sp³-hybridized carbons (Fsp3) is 0.160. The minimum atomic E-state index is -2.86. The number of amides is 1. The number of thiocarbonyl (C=S) groups is 1. The number of rotatable bonds is 8. The second-order valence-electron chi connectivity index (χ2n) is 7.96. The van der Waals surface area contributed by atoms with Crippen LogP contribution in [0.15, 0.2) is 71.5 Å². The van der Waals surface area contributed by atoms with E-state index in [1.54, 1.807) is 24.3 Å². The molecule has 37 heavy (non-hydrogen) atoms. The Hall–Kier alpha value is -4.19. The van der Waals surface area contributed by atoms with Gasteiger partial charge in [-0.15, -0.1) is 0 Å². The maximum atomic E-state index is 14.9. The van der Waals surface area contributed by atoms with Crippen LogP contribution in [0.2, 0.25) is 0 Å². The molecule has 1 atom stereocenters. The van der Waals surface area contributed by atoms with Crippen molar-refractivity contribution in [2.24, 2.45) is 0 Å². The third-order valence-corrected chi connectivity index (χ3v) is 5.67. The number of anilines is 5. The first-order valence-electron chi connectivity index (χ1n) is 11.0. The smallest absolute Gasteiger partial charge is 0.414 e. The number of carbonyl (C=O) groups excluding carboxylic acids is 1. The molecular formula is C25H20F4N4O3S. The zero-order valence-electron chi connectivity index (χ0n) is 19.0. The van der Waals surface area contributed by atoms with E-state index in [0.717, 1.165) is 17.0 Å². The third kappa shape index (κ3) is 6.33. The van der Waals surface area contributed by atoms with Crippen molar-refractivity contribution in [1.29, 1.82) is 0 Å². The fourth-order valence-electron chi connectivity index (χ4n) is 3.54. The molecule has 1 saturated heterocycles. The Morgan fingerprint density at radius 3 is 2.30 bits per heavy atom. The van der Waals surface area contributed by atoms with Gasteiger partial charge in [0.15, 0.2) is 11.6 Å². The number of carbonyl (C=O) groups is 1. The van der Waals surface area contributed by atoms with Gasteiger partial charge in [0.1, 0.15) is 16.8 Å². The summed E-state index contributed by atoms with van der Waals surface area (Å²) in [5.41, 5.74) is 0.265. The molecule has 7 nitrogen and oxygen atoms in total. The molecule has 12 heteroatoms. The molecule has 1 aliphatic rings. The summed E-state index contributed by atoms with van der Waals surface area (Å²) in [6.45, 7) is -0.300. The molecule has 0 aromatic heterocycles. The van der Waals surface area contributed by atoms with Gasteiger partial charge in [0.2, 0.25) is 5.43 Å². The van der Waals surface area contributed by atoms with Crippen LogP contribution in [0.5, 0.6) is 0 Å². The molecule has 0 radical (unpaired) electrons. The van der Waals surface area contributed by atoms with Crippen LogP contribution in [-0.4, -0.2) is 36.7 Å². The quantitative estimate of drug-likeness (QED) is 0.268. The monoisotopic (exact) mass is 532 g/mol. The Bertz CT molecular complexity index is 1350. The number of benzene rings is 2. The second-order valence-corrected chi connectivity index (χ2v) is 8.40. The topological polar surface area (TPSA) is 82.7 Å². The summed E-state index contributed by atoms with van der Waals surface area (Å²) in [6, 6.07) is 16.5. The van der Waals surface area contributed by atoms with E-state index in [1.807, 2.05) is 6.07 Å². The first-order chi connectivity index (χ1) is 17.7. The van der Waals surface area contributed by atoms with Crippen LogP contribution in [0, 0.1) is 11.6 Å².